The highest BCUT2D eigenvalue weighted by Crippen LogP contribution is 2.29. The number of hydrogen-bond acceptors (Lipinski definition) is 5. The first-order chi connectivity index (χ1) is 13.1. The molecule has 0 unspecified atom stereocenters. The van der Waals surface area contributed by atoms with Crippen molar-refractivity contribution in [3.63, 3.8) is 0 Å². The minimum atomic E-state index is -0.450. The van der Waals surface area contributed by atoms with Gasteiger partial charge in [0.2, 0.25) is 0 Å². The number of rotatable bonds is 5. The molecule has 1 heterocycles. The highest BCUT2D eigenvalue weighted by molar-refractivity contribution is 5.97. The van der Waals surface area contributed by atoms with E-state index in [1.54, 1.807) is 36.3 Å². The molecule has 2 aromatic carbocycles. The number of methoxy groups -OCH3 is 2. The molecule has 0 bridgehead atoms. The van der Waals surface area contributed by atoms with Crippen LogP contribution in [0.5, 0.6) is 11.5 Å². The van der Waals surface area contributed by atoms with Crippen molar-refractivity contribution in [1.29, 1.82) is 0 Å². The smallest absolute Gasteiger partial charge is 0.337 e. The van der Waals surface area contributed by atoms with Crippen LogP contribution in [0.3, 0.4) is 0 Å². The predicted molar refractivity (Wildman–Crippen MR) is 100 cm³/mol. The summed E-state index contributed by atoms with van der Waals surface area (Å²) in [6.45, 7) is 1.20. The maximum absolute atomic E-state index is 12.7. The van der Waals surface area contributed by atoms with Crippen LogP contribution >= 0.6 is 0 Å². The maximum Gasteiger partial charge on any atom is 0.337 e. The summed E-state index contributed by atoms with van der Waals surface area (Å²) in [7, 11) is 2.94. The molecule has 0 N–H and O–H groups in total. The van der Waals surface area contributed by atoms with E-state index in [9.17, 15) is 9.59 Å². The molecule has 0 saturated carbocycles. The van der Waals surface area contributed by atoms with Crippen molar-refractivity contribution >= 4 is 11.9 Å². The van der Waals surface area contributed by atoms with Crippen molar-refractivity contribution in [1.82, 2.24) is 4.90 Å². The molecule has 0 radical (unpaired) electrons. The van der Waals surface area contributed by atoms with Crippen LogP contribution in [0.25, 0.3) is 0 Å². The average molecular weight is 369 g/mol. The normalized spacial score (nSPS) is 14.5. The third kappa shape index (κ3) is 4.39. The van der Waals surface area contributed by atoms with E-state index in [-0.39, 0.29) is 12.0 Å². The number of hydrogen-bond donors (Lipinski definition) is 0. The summed E-state index contributed by atoms with van der Waals surface area (Å²) in [5.74, 6) is 0.885. The van der Waals surface area contributed by atoms with Gasteiger partial charge in [-0.3, -0.25) is 4.79 Å². The Labute approximate surface area is 158 Å². The molecule has 27 heavy (non-hydrogen) atoms. The molecule has 0 aliphatic carbocycles. The average Bonchev–Trinajstić information content (AvgIpc) is 2.73. The molecule has 3 rings (SSSR count). The lowest BCUT2D eigenvalue weighted by molar-refractivity contribution is 0.0590. The van der Waals surface area contributed by atoms with Gasteiger partial charge in [-0.15, -0.1) is 0 Å². The first kappa shape index (κ1) is 18.8. The van der Waals surface area contributed by atoms with Crippen LogP contribution in [0.15, 0.2) is 48.5 Å². The first-order valence-electron chi connectivity index (χ1n) is 8.89. The second kappa shape index (κ2) is 8.58. The van der Waals surface area contributed by atoms with Gasteiger partial charge in [-0.05, 0) is 30.3 Å². The van der Waals surface area contributed by atoms with Gasteiger partial charge in [-0.2, -0.15) is 0 Å². The summed E-state index contributed by atoms with van der Waals surface area (Å²) in [6.07, 6.45) is 1.51. The molecule has 1 fully saturated rings. The Morgan fingerprint density at radius 2 is 1.59 bits per heavy atom. The second-order valence-corrected chi connectivity index (χ2v) is 6.33. The summed E-state index contributed by atoms with van der Waals surface area (Å²) in [5.41, 5.74) is 0.861. The van der Waals surface area contributed by atoms with Gasteiger partial charge in [-0.25, -0.2) is 4.79 Å². The third-order valence-electron chi connectivity index (χ3n) is 4.62. The Morgan fingerprint density at radius 1 is 0.926 bits per heavy atom. The van der Waals surface area contributed by atoms with Gasteiger partial charge in [0.25, 0.3) is 5.91 Å². The number of piperidine rings is 1. The zero-order valence-corrected chi connectivity index (χ0v) is 15.5. The fraction of sp³-hybridized carbons (Fsp3) is 0.333. The van der Waals surface area contributed by atoms with E-state index >= 15 is 0 Å². The molecular weight excluding hydrogens is 346 g/mol. The predicted octanol–water partition coefficient (Wildman–Crippen LogP) is 3.17. The van der Waals surface area contributed by atoms with Gasteiger partial charge < -0.3 is 19.1 Å². The van der Waals surface area contributed by atoms with Crippen LogP contribution in [-0.2, 0) is 4.74 Å². The van der Waals surface area contributed by atoms with Gasteiger partial charge in [0.15, 0.2) is 11.5 Å². The molecule has 6 heteroatoms. The monoisotopic (exact) mass is 369 g/mol. The van der Waals surface area contributed by atoms with Gasteiger partial charge in [0.1, 0.15) is 6.10 Å². The van der Waals surface area contributed by atoms with Crippen LogP contribution in [0, 0.1) is 0 Å². The van der Waals surface area contributed by atoms with Gasteiger partial charge >= 0.3 is 5.97 Å². The van der Waals surface area contributed by atoms with Crippen LogP contribution in [0.4, 0.5) is 0 Å². The van der Waals surface area contributed by atoms with Crippen molar-refractivity contribution in [2.24, 2.45) is 0 Å². The Kier molecular flexibility index (Phi) is 5.96. The van der Waals surface area contributed by atoms with Crippen LogP contribution in [-0.4, -0.2) is 50.2 Å². The molecule has 142 valence electrons. The fourth-order valence-corrected chi connectivity index (χ4v) is 3.15. The maximum atomic E-state index is 12.7. The molecular formula is C21H23NO5. The largest absolute Gasteiger partial charge is 0.493 e. The van der Waals surface area contributed by atoms with Crippen molar-refractivity contribution in [2.75, 3.05) is 27.3 Å². The van der Waals surface area contributed by atoms with Crippen LogP contribution in [0.2, 0.25) is 0 Å². The number of esters is 1. The number of likely N-dealkylation sites (tertiary alicyclic amines) is 1. The molecule has 1 aliphatic rings. The van der Waals surface area contributed by atoms with Crippen molar-refractivity contribution in [2.45, 2.75) is 18.9 Å². The summed E-state index contributed by atoms with van der Waals surface area (Å²) >= 11 is 0. The number of nitrogens with zero attached hydrogens (tertiary/aromatic N) is 1. The minimum absolute atomic E-state index is 0.0340. The Balaban J connectivity index is 1.60. The highest BCUT2D eigenvalue weighted by Gasteiger charge is 2.25. The highest BCUT2D eigenvalue weighted by atomic mass is 16.5. The van der Waals surface area contributed by atoms with E-state index in [1.807, 2.05) is 24.3 Å². The molecule has 6 nitrogen and oxygen atoms in total. The number of carbonyl (C=O) groups is 2. The van der Waals surface area contributed by atoms with Crippen molar-refractivity contribution in [3.8, 4) is 11.5 Å². The van der Waals surface area contributed by atoms with Crippen molar-refractivity contribution < 1.29 is 23.8 Å². The topological polar surface area (TPSA) is 65.1 Å². The molecule has 2 aromatic rings. The van der Waals surface area contributed by atoms with Gasteiger partial charge in [-0.1, -0.05) is 18.2 Å². The van der Waals surface area contributed by atoms with Crippen LogP contribution in [0.1, 0.15) is 33.6 Å². The number of para-hydroxylation sites is 2. The summed E-state index contributed by atoms with van der Waals surface area (Å²) < 4.78 is 16.1. The molecule has 1 aliphatic heterocycles. The molecule has 0 spiro atoms. The lowest BCUT2D eigenvalue weighted by atomic mass is 10.0. The summed E-state index contributed by atoms with van der Waals surface area (Å²) in [4.78, 5) is 26.2. The SMILES string of the molecule is COC(=O)c1cccc(C(=O)N2CCC(Oc3ccccc3OC)CC2)c1. The van der Waals surface area contributed by atoms with E-state index < -0.39 is 5.97 Å². The van der Waals surface area contributed by atoms with Crippen molar-refractivity contribution in [3.05, 3.63) is 59.7 Å². The van der Waals surface area contributed by atoms with E-state index in [0.717, 1.165) is 18.6 Å². The minimum Gasteiger partial charge on any atom is -0.493 e. The molecule has 0 aromatic heterocycles. The molecule has 1 saturated heterocycles. The zero-order valence-electron chi connectivity index (χ0n) is 15.5. The number of ether oxygens (including phenoxy) is 3. The van der Waals surface area contributed by atoms with E-state index in [2.05, 4.69) is 0 Å². The zero-order chi connectivity index (χ0) is 19.2. The van der Waals surface area contributed by atoms with E-state index in [4.69, 9.17) is 14.2 Å². The lowest BCUT2D eigenvalue weighted by Crippen LogP contribution is -2.41. The Morgan fingerprint density at radius 3 is 2.26 bits per heavy atom. The Bertz CT molecular complexity index is 812. The van der Waals surface area contributed by atoms with E-state index in [0.29, 0.717) is 30.0 Å². The lowest BCUT2D eigenvalue weighted by Gasteiger charge is -2.32. The Hall–Kier alpha value is -3.02. The summed E-state index contributed by atoms with van der Waals surface area (Å²) in [6, 6.07) is 14.2. The molecule has 1 amide bonds. The quantitative estimate of drug-likeness (QED) is 0.758. The number of amides is 1. The number of benzene rings is 2. The van der Waals surface area contributed by atoms with Gasteiger partial charge in [0, 0.05) is 31.5 Å². The standard InChI is InChI=1S/C21H23NO5/c1-25-18-8-3-4-9-19(18)27-17-10-12-22(13-11-17)20(23)15-6-5-7-16(14-15)21(24)26-2/h3-9,14,17H,10-13H2,1-2H3. The van der Waals surface area contributed by atoms with E-state index in [1.165, 1.54) is 7.11 Å². The van der Waals surface area contributed by atoms with Crippen LogP contribution < -0.4 is 9.47 Å². The second-order valence-electron chi connectivity index (χ2n) is 6.33. The van der Waals surface area contributed by atoms with Gasteiger partial charge in [0.05, 0.1) is 19.8 Å². The first-order valence-corrected chi connectivity index (χ1v) is 8.89. The third-order valence-corrected chi connectivity index (χ3v) is 4.62. The molecule has 0 atom stereocenters. The number of carbonyl (C=O) groups excluding carboxylic acids is 2. The fourth-order valence-electron chi connectivity index (χ4n) is 3.15. The summed E-state index contributed by atoms with van der Waals surface area (Å²) in [5, 5.41) is 0.